The van der Waals surface area contributed by atoms with Gasteiger partial charge in [0.15, 0.2) is 5.78 Å². The number of hydrogen-bond acceptors (Lipinski definition) is 1. The zero-order valence-electron chi connectivity index (χ0n) is 11.3. The minimum Gasteiger partial charge on any atom is -0.331 e. The molecule has 0 aliphatic heterocycles. The van der Waals surface area contributed by atoms with Crippen LogP contribution >= 0.6 is 0 Å². The predicted molar refractivity (Wildman–Crippen MR) is 75.8 cm³/mol. The quantitative estimate of drug-likeness (QED) is 0.594. The summed E-state index contributed by atoms with van der Waals surface area (Å²) in [4.78, 5) is 12.1. The first-order valence-electron chi connectivity index (χ1n) is 6.28. The van der Waals surface area contributed by atoms with Crippen molar-refractivity contribution in [2.45, 2.75) is 6.42 Å². The Labute approximate surface area is 108 Å². The summed E-state index contributed by atoms with van der Waals surface area (Å²) in [6.45, 7) is 0.867. The molecule has 0 radical (unpaired) electrons. The van der Waals surface area contributed by atoms with E-state index in [0.717, 1.165) is 22.0 Å². The standard InChI is InChI=1S/C16H20NO/c1-17(2,3)11-10-16(18)15-9-8-13-6-4-5-7-14(13)12-15/h4-9,12H,10-11H2,1-3H3/q+1. The van der Waals surface area contributed by atoms with Crippen molar-refractivity contribution < 1.29 is 9.28 Å². The Hall–Kier alpha value is -1.67. The van der Waals surface area contributed by atoms with E-state index in [4.69, 9.17) is 0 Å². The molecule has 0 amide bonds. The van der Waals surface area contributed by atoms with Crippen LogP contribution in [0.25, 0.3) is 10.8 Å². The molecule has 0 aliphatic rings. The van der Waals surface area contributed by atoms with Gasteiger partial charge >= 0.3 is 0 Å². The van der Waals surface area contributed by atoms with E-state index in [1.54, 1.807) is 0 Å². The maximum Gasteiger partial charge on any atom is 0.168 e. The van der Waals surface area contributed by atoms with Gasteiger partial charge in [0.1, 0.15) is 0 Å². The summed E-state index contributed by atoms with van der Waals surface area (Å²) < 4.78 is 0.819. The largest absolute Gasteiger partial charge is 0.331 e. The number of Topliss-reactive ketones (excluding diaryl/α,β-unsaturated/α-hetero) is 1. The number of rotatable bonds is 4. The third-order valence-electron chi connectivity index (χ3n) is 3.08. The van der Waals surface area contributed by atoms with Crippen molar-refractivity contribution in [3.8, 4) is 0 Å². The molecule has 94 valence electrons. The number of benzene rings is 2. The van der Waals surface area contributed by atoms with E-state index in [1.807, 2.05) is 36.4 Å². The van der Waals surface area contributed by atoms with Crippen molar-refractivity contribution in [3.05, 3.63) is 48.0 Å². The molecule has 0 unspecified atom stereocenters. The van der Waals surface area contributed by atoms with Crippen molar-refractivity contribution in [1.29, 1.82) is 0 Å². The Morgan fingerprint density at radius 2 is 1.67 bits per heavy atom. The van der Waals surface area contributed by atoms with Gasteiger partial charge in [-0.3, -0.25) is 4.79 Å². The van der Waals surface area contributed by atoms with E-state index in [1.165, 1.54) is 5.39 Å². The first-order chi connectivity index (χ1) is 8.46. The van der Waals surface area contributed by atoms with Crippen molar-refractivity contribution in [1.82, 2.24) is 0 Å². The van der Waals surface area contributed by atoms with Crippen LogP contribution in [0.2, 0.25) is 0 Å². The van der Waals surface area contributed by atoms with Gasteiger partial charge in [-0.15, -0.1) is 0 Å². The summed E-state index contributed by atoms with van der Waals surface area (Å²) in [7, 11) is 6.31. The third kappa shape index (κ3) is 3.17. The number of carbonyl (C=O) groups excluding carboxylic acids is 1. The topological polar surface area (TPSA) is 17.1 Å². The lowest BCUT2D eigenvalue weighted by molar-refractivity contribution is -0.869. The number of fused-ring (bicyclic) bond motifs is 1. The molecule has 0 N–H and O–H groups in total. The number of quaternary nitrogens is 1. The van der Waals surface area contributed by atoms with Gasteiger partial charge in [-0.1, -0.05) is 36.4 Å². The molecule has 0 atom stereocenters. The normalized spacial score (nSPS) is 11.7. The molecular weight excluding hydrogens is 222 g/mol. The van der Waals surface area contributed by atoms with Crippen LogP contribution in [0.15, 0.2) is 42.5 Å². The van der Waals surface area contributed by atoms with E-state index in [0.29, 0.717) is 6.42 Å². The molecule has 2 aromatic rings. The van der Waals surface area contributed by atoms with Gasteiger partial charge in [-0.25, -0.2) is 0 Å². The second-order valence-electron chi connectivity index (χ2n) is 5.75. The van der Waals surface area contributed by atoms with Crippen LogP contribution in [-0.2, 0) is 0 Å². The Bertz CT molecular complexity index is 567. The van der Waals surface area contributed by atoms with Gasteiger partial charge in [0.05, 0.1) is 34.1 Å². The van der Waals surface area contributed by atoms with Crippen LogP contribution in [0.3, 0.4) is 0 Å². The van der Waals surface area contributed by atoms with Crippen molar-refractivity contribution in [2.75, 3.05) is 27.7 Å². The fraction of sp³-hybridized carbons (Fsp3) is 0.312. The molecule has 2 aromatic carbocycles. The molecule has 0 aromatic heterocycles. The molecule has 0 saturated heterocycles. The summed E-state index contributed by atoms with van der Waals surface area (Å²) in [6, 6.07) is 14.1. The Morgan fingerprint density at radius 1 is 1.00 bits per heavy atom. The molecule has 0 fully saturated rings. The predicted octanol–water partition coefficient (Wildman–Crippen LogP) is 3.12. The van der Waals surface area contributed by atoms with Crippen LogP contribution in [-0.4, -0.2) is 38.0 Å². The third-order valence-corrected chi connectivity index (χ3v) is 3.08. The maximum atomic E-state index is 12.1. The highest BCUT2D eigenvalue weighted by molar-refractivity contribution is 5.99. The van der Waals surface area contributed by atoms with E-state index in [-0.39, 0.29) is 5.78 Å². The maximum absolute atomic E-state index is 12.1. The Balaban J connectivity index is 2.18. The van der Waals surface area contributed by atoms with Crippen LogP contribution < -0.4 is 0 Å². The summed E-state index contributed by atoms with van der Waals surface area (Å²) >= 11 is 0. The Kier molecular flexibility index (Phi) is 3.48. The smallest absolute Gasteiger partial charge is 0.168 e. The zero-order chi connectivity index (χ0) is 13.2. The van der Waals surface area contributed by atoms with Gasteiger partial charge in [-0.05, 0) is 16.8 Å². The fourth-order valence-corrected chi connectivity index (χ4v) is 1.94. The molecule has 2 rings (SSSR count). The highest BCUT2D eigenvalue weighted by Gasteiger charge is 2.12. The second kappa shape index (κ2) is 4.91. The summed E-state index contributed by atoms with van der Waals surface area (Å²) in [5, 5.41) is 2.31. The van der Waals surface area contributed by atoms with Gasteiger partial charge in [-0.2, -0.15) is 0 Å². The lowest BCUT2D eigenvalue weighted by atomic mass is 10.0. The average Bonchev–Trinajstić information content (AvgIpc) is 2.34. The first-order valence-corrected chi connectivity index (χ1v) is 6.28. The highest BCUT2D eigenvalue weighted by atomic mass is 16.1. The van der Waals surface area contributed by atoms with Gasteiger partial charge in [0.2, 0.25) is 0 Å². The van der Waals surface area contributed by atoms with Crippen molar-refractivity contribution in [3.63, 3.8) is 0 Å². The van der Waals surface area contributed by atoms with Gasteiger partial charge < -0.3 is 4.48 Å². The van der Waals surface area contributed by atoms with Crippen molar-refractivity contribution in [2.24, 2.45) is 0 Å². The molecule has 0 heterocycles. The number of nitrogens with zero attached hydrogens (tertiary/aromatic N) is 1. The zero-order valence-corrected chi connectivity index (χ0v) is 11.3. The SMILES string of the molecule is C[N+](C)(C)CCC(=O)c1ccc2ccccc2c1. The van der Waals surface area contributed by atoms with E-state index >= 15 is 0 Å². The lowest BCUT2D eigenvalue weighted by Crippen LogP contribution is -2.36. The summed E-state index contributed by atoms with van der Waals surface area (Å²) in [5.74, 6) is 0.230. The highest BCUT2D eigenvalue weighted by Crippen LogP contribution is 2.16. The van der Waals surface area contributed by atoms with Gasteiger partial charge in [0, 0.05) is 5.56 Å². The number of hydrogen-bond donors (Lipinski definition) is 0. The number of carbonyl (C=O) groups is 1. The fourth-order valence-electron chi connectivity index (χ4n) is 1.94. The van der Waals surface area contributed by atoms with E-state index in [9.17, 15) is 4.79 Å². The molecule has 0 spiro atoms. The number of ketones is 1. The monoisotopic (exact) mass is 242 g/mol. The molecule has 18 heavy (non-hydrogen) atoms. The molecule has 2 heteroatoms. The van der Waals surface area contributed by atoms with Crippen LogP contribution in [0, 0.1) is 0 Å². The summed E-state index contributed by atoms with van der Waals surface area (Å²) in [6.07, 6.45) is 0.599. The van der Waals surface area contributed by atoms with Gasteiger partial charge in [0.25, 0.3) is 0 Å². The van der Waals surface area contributed by atoms with Crippen LogP contribution in [0.4, 0.5) is 0 Å². The van der Waals surface area contributed by atoms with Crippen LogP contribution in [0.1, 0.15) is 16.8 Å². The molecule has 2 nitrogen and oxygen atoms in total. The minimum atomic E-state index is 0.230. The minimum absolute atomic E-state index is 0.230. The molecule has 0 aliphatic carbocycles. The van der Waals surface area contributed by atoms with Crippen molar-refractivity contribution >= 4 is 16.6 Å². The van der Waals surface area contributed by atoms with E-state index < -0.39 is 0 Å². The molecule has 0 bridgehead atoms. The van der Waals surface area contributed by atoms with Crippen LogP contribution in [0.5, 0.6) is 0 Å². The second-order valence-corrected chi connectivity index (χ2v) is 5.75. The Morgan fingerprint density at radius 3 is 2.33 bits per heavy atom. The molecular formula is C16H20NO+. The lowest BCUT2D eigenvalue weighted by Gasteiger charge is -2.23. The first kappa shape index (κ1) is 12.8. The molecule has 0 saturated carbocycles. The average molecular weight is 242 g/mol. The van der Waals surface area contributed by atoms with E-state index in [2.05, 4.69) is 27.2 Å². The summed E-state index contributed by atoms with van der Waals surface area (Å²) in [5.41, 5.74) is 0.821.